The molecule has 11 nitrogen and oxygen atoms in total. The Labute approximate surface area is 169 Å². The first-order valence-corrected chi connectivity index (χ1v) is 9.45. The Morgan fingerprint density at radius 3 is 2.79 bits per heavy atom. The minimum atomic E-state index is -0.976. The van der Waals surface area contributed by atoms with Gasteiger partial charge in [0.2, 0.25) is 5.71 Å². The van der Waals surface area contributed by atoms with Crippen molar-refractivity contribution in [1.82, 2.24) is 10.2 Å². The van der Waals surface area contributed by atoms with Crippen LogP contribution < -0.4 is 11.1 Å². The molecule has 2 unspecified atom stereocenters. The average Bonchev–Trinajstić information content (AvgIpc) is 3.21. The third-order valence-corrected chi connectivity index (χ3v) is 5.55. The van der Waals surface area contributed by atoms with E-state index in [-0.39, 0.29) is 29.6 Å². The summed E-state index contributed by atoms with van der Waals surface area (Å²) in [6.45, 7) is 1.13. The maximum atomic E-state index is 12.7. The fourth-order valence-electron chi connectivity index (χ4n) is 3.03. The number of allylic oxidation sites excluding steroid dienone is 1. The largest absolute Gasteiger partial charge is 0.462 e. The second kappa shape index (κ2) is 8.39. The summed E-state index contributed by atoms with van der Waals surface area (Å²) >= 11 is 1.32. The number of β-lactam (4-membered cyclic amide) rings is 1. The van der Waals surface area contributed by atoms with E-state index in [9.17, 15) is 19.2 Å². The van der Waals surface area contributed by atoms with Gasteiger partial charge in [-0.3, -0.25) is 19.3 Å². The molecule has 1 fully saturated rings. The second-order valence-corrected chi connectivity index (χ2v) is 7.18. The number of rotatable bonds is 7. The molecule has 1 aromatic heterocycles. The molecular formula is C17H18N4O7S. The number of furan rings is 1. The zero-order valence-corrected chi connectivity index (χ0v) is 16.4. The van der Waals surface area contributed by atoms with Gasteiger partial charge in [-0.05, 0) is 12.1 Å². The monoisotopic (exact) mass is 422 g/mol. The van der Waals surface area contributed by atoms with Crippen LogP contribution in [0.3, 0.4) is 0 Å². The van der Waals surface area contributed by atoms with E-state index in [4.69, 9.17) is 14.9 Å². The Bertz CT molecular complexity index is 909. The highest BCUT2D eigenvalue weighted by atomic mass is 32.2. The number of nitrogens with two attached hydrogens (primary N) is 1. The average molecular weight is 422 g/mol. The molecule has 0 radical (unpaired) electrons. The summed E-state index contributed by atoms with van der Waals surface area (Å²) in [7, 11) is 1.28. The van der Waals surface area contributed by atoms with E-state index in [0.717, 1.165) is 0 Å². The molecule has 2 aliphatic rings. The van der Waals surface area contributed by atoms with Gasteiger partial charge < -0.3 is 25.0 Å². The lowest BCUT2D eigenvalue weighted by molar-refractivity contribution is -0.146. The Kier molecular flexibility index (Phi) is 5.92. The highest BCUT2D eigenvalue weighted by molar-refractivity contribution is 8.00. The molecule has 3 N–H and O–H groups in total. The fraction of sp³-hybridized carbons (Fsp3) is 0.353. The molecule has 1 saturated heterocycles. The Balaban J connectivity index is 1.77. The normalized spacial score (nSPS) is 21.2. The second-order valence-electron chi connectivity index (χ2n) is 6.08. The molecule has 0 aliphatic carbocycles. The standard InChI is InChI=1S/C17H18N4O7S/c1-8(22)13-9(6-28-17(18)25)7-29-16-12(15(24)21(13)16)19-14(23)11(20-26-2)10-4-3-5-27-10/h3-5,12,16H,6-7H2,1-2H3,(H2,18,25)(H,19,23)/b20-11-. The summed E-state index contributed by atoms with van der Waals surface area (Å²) in [4.78, 5) is 54.2. The van der Waals surface area contributed by atoms with Gasteiger partial charge in [0, 0.05) is 18.2 Å². The van der Waals surface area contributed by atoms with Gasteiger partial charge in [-0.1, -0.05) is 5.16 Å². The molecule has 0 bridgehead atoms. The zero-order chi connectivity index (χ0) is 21.1. The topological polar surface area (TPSA) is 154 Å². The maximum Gasteiger partial charge on any atom is 0.404 e. The van der Waals surface area contributed by atoms with Gasteiger partial charge in [-0.15, -0.1) is 11.8 Å². The molecular weight excluding hydrogens is 404 g/mol. The van der Waals surface area contributed by atoms with Gasteiger partial charge in [0.15, 0.2) is 11.5 Å². The lowest BCUT2D eigenvalue weighted by Crippen LogP contribution is -2.71. The van der Waals surface area contributed by atoms with Crippen LogP contribution in [0.15, 0.2) is 39.2 Å². The summed E-state index contributed by atoms with van der Waals surface area (Å²) in [5, 5.41) is 5.78. The van der Waals surface area contributed by atoms with Crippen molar-refractivity contribution >= 4 is 41.2 Å². The van der Waals surface area contributed by atoms with Crippen LogP contribution in [-0.2, 0) is 24.0 Å². The predicted octanol–water partition coefficient (Wildman–Crippen LogP) is -0.0316. The number of nitrogens with one attached hydrogen (secondary N) is 1. The third-order valence-electron chi connectivity index (χ3n) is 4.21. The van der Waals surface area contributed by atoms with Crippen LogP contribution >= 0.6 is 11.8 Å². The first-order valence-electron chi connectivity index (χ1n) is 8.41. The molecule has 2 atom stereocenters. The number of nitrogens with zero attached hydrogens (tertiary/aromatic N) is 2. The SMILES string of the molecule is CO/N=C(\C(=O)NC1C(=O)N2C(C(C)=O)=C(COC(N)=O)CSC12)c1ccco1. The van der Waals surface area contributed by atoms with E-state index in [1.807, 2.05) is 0 Å². The van der Waals surface area contributed by atoms with Crippen LogP contribution in [0.5, 0.6) is 0 Å². The van der Waals surface area contributed by atoms with Crippen LogP contribution in [-0.4, -0.2) is 65.2 Å². The van der Waals surface area contributed by atoms with Crippen molar-refractivity contribution < 1.29 is 33.2 Å². The molecule has 3 amide bonds. The number of hydrogen-bond acceptors (Lipinski definition) is 9. The van der Waals surface area contributed by atoms with Gasteiger partial charge in [-0.2, -0.15) is 0 Å². The summed E-state index contributed by atoms with van der Waals surface area (Å²) in [5.74, 6) is -0.960. The molecule has 1 aromatic rings. The third kappa shape index (κ3) is 3.97. The molecule has 3 heterocycles. The van der Waals surface area contributed by atoms with Crippen molar-refractivity contribution in [3.63, 3.8) is 0 Å². The number of ether oxygens (including phenoxy) is 1. The number of carbonyl (C=O) groups is 4. The van der Waals surface area contributed by atoms with E-state index < -0.39 is 29.3 Å². The van der Waals surface area contributed by atoms with Gasteiger partial charge in [-0.25, -0.2) is 4.79 Å². The maximum absolute atomic E-state index is 12.7. The van der Waals surface area contributed by atoms with Crippen LogP contribution in [0.25, 0.3) is 0 Å². The highest BCUT2D eigenvalue weighted by Crippen LogP contribution is 2.40. The number of Topliss-reactive ketones (excluding diaryl/α,β-unsaturated/α-hetero) is 1. The van der Waals surface area contributed by atoms with Crippen LogP contribution in [0.4, 0.5) is 4.79 Å². The number of fused-ring (bicyclic) bond motifs is 1. The molecule has 29 heavy (non-hydrogen) atoms. The van der Waals surface area contributed by atoms with Crippen molar-refractivity contribution in [2.24, 2.45) is 10.9 Å². The number of thioether (sulfide) groups is 1. The number of carbonyl (C=O) groups excluding carboxylic acids is 4. The van der Waals surface area contributed by atoms with Crippen molar-refractivity contribution in [1.29, 1.82) is 0 Å². The van der Waals surface area contributed by atoms with Gasteiger partial charge in [0.05, 0.1) is 12.0 Å². The van der Waals surface area contributed by atoms with Gasteiger partial charge in [0.25, 0.3) is 11.8 Å². The zero-order valence-electron chi connectivity index (χ0n) is 15.5. The Morgan fingerprint density at radius 1 is 1.45 bits per heavy atom. The van der Waals surface area contributed by atoms with E-state index in [1.165, 1.54) is 43.0 Å². The fourth-order valence-corrected chi connectivity index (χ4v) is 4.36. The molecule has 154 valence electrons. The molecule has 0 aromatic carbocycles. The van der Waals surface area contributed by atoms with E-state index in [0.29, 0.717) is 11.3 Å². The minimum Gasteiger partial charge on any atom is -0.462 e. The molecule has 3 rings (SSSR count). The highest BCUT2D eigenvalue weighted by Gasteiger charge is 2.53. The smallest absolute Gasteiger partial charge is 0.404 e. The number of oxime groups is 1. The number of amides is 3. The lowest BCUT2D eigenvalue weighted by Gasteiger charge is -2.49. The van der Waals surface area contributed by atoms with Crippen LogP contribution in [0.1, 0.15) is 12.7 Å². The van der Waals surface area contributed by atoms with Crippen LogP contribution in [0.2, 0.25) is 0 Å². The number of primary amides is 1. The summed E-state index contributed by atoms with van der Waals surface area (Å²) in [6.07, 6.45) is 0.399. The van der Waals surface area contributed by atoms with Crippen LogP contribution in [0, 0.1) is 0 Å². The quantitative estimate of drug-likeness (QED) is 0.353. The van der Waals surface area contributed by atoms with E-state index in [1.54, 1.807) is 6.07 Å². The Hall–Kier alpha value is -3.28. The van der Waals surface area contributed by atoms with Crippen molar-refractivity contribution in [3.05, 3.63) is 35.4 Å². The first-order chi connectivity index (χ1) is 13.8. The van der Waals surface area contributed by atoms with Gasteiger partial charge >= 0.3 is 6.09 Å². The van der Waals surface area contributed by atoms with E-state index >= 15 is 0 Å². The lowest BCUT2D eigenvalue weighted by atomic mass is 10.0. The van der Waals surface area contributed by atoms with Crippen molar-refractivity contribution in [2.45, 2.75) is 18.3 Å². The van der Waals surface area contributed by atoms with Crippen molar-refractivity contribution in [2.75, 3.05) is 19.5 Å². The summed E-state index contributed by atoms with van der Waals surface area (Å²) in [6, 6.07) is 2.25. The molecule has 0 spiro atoms. The predicted molar refractivity (Wildman–Crippen MR) is 101 cm³/mol. The van der Waals surface area contributed by atoms with Crippen molar-refractivity contribution in [3.8, 4) is 0 Å². The molecule has 2 aliphatic heterocycles. The Morgan fingerprint density at radius 2 is 2.21 bits per heavy atom. The minimum absolute atomic E-state index is 0.123. The summed E-state index contributed by atoms with van der Waals surface area (Å²) in [5.41, 5.74) is 5.48. The summed E-state index contributed by atoms with van der Waals surface area (Å²) < 4.78 is 9.93. The number of ketones is 1. The number of hydrogen-bond donors (Lipinski definition) is 2. The van der Waals surface area contributed by atoms with Gasteiger partial charge in [0.1, 0.15) is 25.1 Å². The van der Waals surface area contributed by atoms with E-state index in [2.05, 4.69) is 15.3 Å². The first kappa shape index (κ1) is 20.5. The molecule has 0 saturated carbocycles. The molecule has 12 heteroatoms.